The lowest BCUT2D eigenvalue weighted by atomic mass is 10.1. The summed E-state index contributed by atoms with van der Waals surface area (Å²) in [5.74, 6) is 1.65. The number of nitrogens with zero attached hydrogens (tertiary/aromatic N) is 1. The van der Waals surface area contributed by atoms with Crippen LogP contribution in [-0.2, 0) is 6.54 Å². The normalized spacial score (nSPS) is 13.4. The molecule has 0 amide bonds. The summed E-state index contributed by atoms with van der Waals surface area (Å²) in [5, 5.41) is 0. The van der Waals surface area contributed by atoms with Gasteiger partial charge >= 0.3 is 0 Å². The van der Waals surface area contributed by atoms with Gasteiger partial charge in [-0.15, -0.1) is 0 Å². The standard InChI is InChI=1S/C11H19NOS/c1-3-10(9-14)6-12(2)7-11-4-5-13-8-11/h4-5,8,10,14H,3,6-7,9H2,1-2H3. The lowest BCUT2D eigenvalue weighted by molar-refractivity contribution is 0.277. The van der Waals surface area contributed by atoms with Crippen LogP contribution in [0.25, 0.3) is 0 Å². The second kappa shape index (κ2) is 6.14. The molecule has 1 aromatic heterocycles. The summed E-state index contributed by atoms with van der Waals surface area (Å²) in [6.07, 6.45) is 4.72. The van der Waals surface area contributed by atoms with Gasteiger partial charge in [0, 0.05) is 18.7 Å². The van der Waals surface area contributed by atoms with E-state index in [1.165, 1.54) is 12.0 Å². The molecule has 1 heterocycles. The van der Waals surface area contributed by atoms with Crippen LogP contribution in [0.15, 0.2) is 23.0 Å². The van der Waals surface area contributed by atoms with Crippen LogP contribution in [0.3, 0.4) is 0 Å². The Hall–Kier alpha value is -0.410. The fraction of sp³-hybridized carbons (Fsp3) is 0.636. The van der Waals surface area contributed by atoms with Crippen molar-refractivity contribution in [1.82, 2.24) is 4.90 Å². The van der Waals surface area contributed by atoms with Gasteiger partial charge in [-0.3, -0.25) is 0 Å². The molecule has 0 aromatic carbocycles. The lowest BCUT2D eigenvalue weighted by Crippen LogP contribution is -2.25. The Balaban J connectivity index is 2.31. The molecule has 1 unspecified atom stereocenters. The number of hydrogen-bond acceptors (Lipinski definition) is 3. The molecule has 0 radical (unpaired) electrons. The van der Waals surface area contributed by atoms with Gasteiger partial charge in [-0.05, 0) is 24.8 Å². The first kappa shape index (κ1) is 11.7. The van der Waals surface area contributed by atoms with Gasteiger partial charge in [0.1, 0.15) is 0 Å². The van der Waals surface area contributed by atoms with Crippen molar-refractivity contribution in [3.05, 3.63) is 24.2 Å². The molecule has 2 nitrogen and oxygen atoms in total. The van der Waals surface area contributed by atoms with E-state index in [0.29, 0.717) is 5.92 Å². The molecule has 3 heteroatoms. The highest BCUT2D eigenvalue weighted by Gasteiger charge is 2.08. The molecule has 14 heavy (non-hydrogen) atoms. The first-order valence-electron chi connectivity index (χ1n) is 5.06. The summed E-state index contributed by atoms with van der Waals surface area (Å²) in [7, 11) is 2.14. The summed E-state index contributed by atoms with van der Waals surface area (Å²) < 4.78 is 5.03. The van der Waals surface area contributed by atoms with E-state index in [9.17, 15) is 0 Å². The molecule has 1 atom stereocenters. The minimum Gasteiger partial charge on any atom is -0.472 e. The van der Waals surface area contributed by atoms with Crippen LogP contribution in [-0.4, -0.2) is 24.2 Å². The molecule has 0 saturated carbocycles. The predicted molar refractivity (Wildman–Crippen MR) is 62.7 cm³/mol. The summed E-state index contributed by atoms with van der Waals surface area (Å²) in [6, 6.07) is 2.01. The third-order valence-electron chi connectivity index (χ3n) is 2.44. The van der Waals surface area contributed by atoms with E-state index in [-0.39, 0.29) is 0 Å². The Morgan fingerprint density at radius 1 is 1.57 bits per heavy atom. The average molecular weight is 213 g/mol. The summed E-state index contributed by atoms with van der Waals surface area (Å²) >= 11 is 4.34. The van der Waals surface area contributed by atoms with E-state index in [4.69, 9.17) is 4.42 Å². The summed E-state index contributed by atoms with van der Waals surface area (Å²) in [5.41, 5.74) is 1.24. The van der Waals surface area contributed by atoms with Crippen LogP contribution in [0.4, 0.5) is 0 Å². The van der Waals surface area contributed by atoms with Gasteiger partial charge in [-0.2, -0.15) is 12.6 Å². The predicted octanol–water partition coefficient (Wildman–Crippen LogP) is 2.67. The molecule has 0 aliphatic heterocycles. The van der Waals surface area contributed by atoms with Crippen molar-refractivity contribution in [2.24, 2.45) is 5.92 Å². The van der Waals surface area contributed by atoms with Crippen LogP contribution in [0.5, 0.6) is 0 Å². The minimum absolute atomic E-state index is 0.690. The maximum atomic E-state index is 5.03. The molecule has 80 valence electrons. The average Bonchev–Trinajstić information content (AvgIpc) is 2.66. The molecular formula is C11H19NOS. The van der Waals surface area contributed by atoms with Crippen LogP contribution in [0, 0.1) is 5.92 Å². The second-order valence-electron chi connectivity index (χ2n) is 3.79. The maximum Gasteiger partial charge on any atom is 0.0947 e. The Labute approximate surface area is 91.7 Å². The zero-order chi connectivity index (χ0) is 10.4. The molecular weight excluding hydrogens is 194 g/mol. The number of thiol groups is 1. The fourth-order valence-electron chi connectivity index (χ4n) is 1.52. The molecule has 0 fully saturated rings. The molecule has 0 aliphatic rings. The van der Waals surface area contributed by atoms with Gasteiger partial charge in [0.05, 0.1) is 12.5 Å². The van der Waals surface area contributed by atoms with Crippen LogP contribution >= 0.6 is 12.6 Å². The van der Waals surface area contributed by atoms with Gasteiger partial charge in [0.25, 0.3) is 0 Å². The molecule has 0 spiro atoms. The van der Waals surface area contributed by atoms with E-state index in [1.54, 1.807) is 12.5 Å². The second-order valence-corrected chi connectivity index (χ2v) is 4.15. The quantitative estimate of drug-likeness (QED) is 0.731. The van der Waals surface area contributed by atoms with Gasteiger partial charge in [-0.1, -0.05) is 13.3 Å². The van der Waals surface area contributed by atoms with E-state index < -0.39 is 0 Å². The van der Waals surface area contributed by atoms with Crippen molar-refractivity contribution in [1.29, 1.82) is 0 Å². The van der Waals surface area contributed by atoms with Gasteiger partial charge in [-0.25, -0.2) is 0 Å². The highest BCUT2D eigenvalue weighted by atomic mass is 32.1. The maximum absolute atomic E-state index is 5.03. The molecule has 0 saturated heterocycles. The third kappa shape index (κ3) is 3.76. The van der Waals surface area contributed by atoms with Crippen molar-refractivity contribution in [2.45, 2.75) is 19.9 Å². The molecule has 0 N–H and O–H groups in total. The Bertz CT molecular complexity index is 231. The van der Waals surface area contributed by atoms with Gasteiger partial charge in [0.2, 0.25) is 0 Å². The molecule has 0 aliphatic carbocycles. The van der Waals surface area contributed by atoms with E-state index in [2.05, 4.69) is 31.5 Å². The van der Waals surface area contributed by atoms with E-state index in [1.807, 2.05) is 6.07 Å². The first-order valence-corrected chi connectivity index (χ1v) is 5.70. The highest BCUT2D eigenvalue weighted by Crippen LogP contribution is 2.09. The molecule has 1 rings (SSSR count). The number of furan rings is 1. The summed E-state index contributed by atoms with van der Waals surface area (Å²) in [4.78, 5) is 2.31. The van der Waals surface area contributed by atoms with Crippen molar-refractivity contribution in [3.8, 4) is 0 Å². The van der Waals surface area contributed by atoms with Crippen molar-refractivity contribution >= 4 is 12.6 Å². The van der Waals surface area contributed by atoms with Crippen LogP contribution < -0.4 is 0 Å². The zero-order valence-electron chi connectivity index (χ0n) is 8.94. The monoisotopic (exact) mass is 213 g/mol. The summed E-state index contributed by atoms with van der Waals surface area (Å²) in [6.45, 7) is 4.28. The SMILES string of the molecule is CCC(CS)CN(C)Cc1ccoc1. The zero-order valence-corrected chi connectivity index (χ0v) is 9.83. The lowest BCUT2D eigenvalue weighted by Gasteiger charge is -2.21. The minimum atomic E-state index is 0.690. The smallest absolute Gasteiger partial charge is 0.0947 e. The topological polar surface area (TPSA) is 16.4 Å². The fourth-order valence-corrected chi connectivity index (χ4v) is 1.89. The molecule has 0 bridgehead atoms. The molecule has 1 aromatic rings. The Morgan fingerprint density at radius 3 is 2.86 bits per heavy atom. The van der Waals surface area contributed by atoms with E-state index >= 15 is 0 Å². The van der Waals surface area contributed by atoms with Crippen LogP contribution in [0.1, 0.15) is 18.9 Å². The Kier molecular flexibility index (Phi) is 5.12. The van der Waals surface area contributed by atoms with E-state index in [0.717, 1.165) is 18.8 Å². The Morgan fingerprint density at radius 2 is 2.36 bits per heavy atom. The van der Waals surface area contributed by atoms with Crippen molar-refractivity contribution in [2.75, 3.05) is 19.3 Å². The van der Waals surface area contributed by atoms with Crippen molar-refractivity contribution < 1.29 is 4.42 Å². The first-order chi connectivity index (χ1) is 6.76. The third-order valence-corrected chi connectivity index (χ3v) is 2.95. The number of rotatable bonds is 6. The van der Waals surface area contributed by atoms with Crippen molar-refractivity contribution in [3.63, 3.8) is 0 Å². The number of hydrogen-bond donors (Lipinski definition) is 1. The largest absolute Gasteiger partial charge is 0.472 e. The van der Waals surface area contributed by atoms with Crippen LogP contribution in [0.2, 0.25) is 0 Å². The van der Waals surface area contributed by atoms with Gasteiger partial charge < -0.3 is 9.32 Å². The van der Waals surface area contributed by atoms with Gasteiger partial charge in [0.15, 0.2) is 0 Å². The highest BCUT2D eigenvalue weighted by molar-refractivity contribution is 7.80.